The number of benzene rings is 1. The highest BCUT2D eigenvalue weighted by atomic mass is 35.5. The van der Waals surface area contributed by atoms with E-state index in [0.717, 1.165) is 19.3 Å². The van der Waals surface area contributed by atoms with Crippen LogP contribution < -0.4 is 11.1 Å². The van der Waals surface area contributed by atoms with Crippen LogP contribution >= 0.6 is 11.6 Å². The van der Waals surface area contributed by atoms with Crippen molar-refractivity contribution in [1.29, 1.82) is 0 Å². The highest BCUT2D eigenvalue weighted by molar-refractivity contribution is 6.34. The van der Waals surface area contributed by atoms with Crippen LogP contribution in [-0.4, -0.2) is 17.1 Å². The number of hydrogen-bond acceptors (Lipinski definition) is 3. The van der Waals surface area contributed by atoms with Crippen molar-refractivity contribution >= 4 is 28.9 Å². The van der Waals surface area contributed by atoms with Gasteiger partial charge in [0.25, 0.3) is 0 Å². The second kappa shape index (κ2) is 5.06. The van der Waals surface area contributed by atoms with Crippen LogP contribution in [0, 0.1) is 5.92 Å². The molecule has 1 fully saturated rings. The van der Waals surface area contributed by atoms with Gasteiger partial charge in [-0.3, -0.25) is 0 Å². The molecule has 1 aromatic rings. The summed E-state index contributed by atoms with van der Waals surface area (Å²) in [6, 6.07) is 3.35. The fourth-order valence-electron chi connectivity index (χ4n) is 2.24. The number of rotatable bonds is 5. The summed E-state index contributed by atoms with van der Waals surface area (Å²) >= 11 is 6.07. The van der Waals surface area contributed by atoms with E-state index < -0.39 is 5.97 Å². The molecular formula is C13H17ClN2O2. The number of aromatic carboxylic acids is 1. The monoisotopic (exact) mass is 268 g/mol. The molecule has 4 nitrogen and oxygen atoms in total. The predicted molar refractivity (Wildman–Crippen MR) is 73.2 cm³/mol. The number of hydrogen-bond donors (Lipinski definition) is 3. The van der Waals surface area contributed by atoms with Gasteiger partial charge in [0, 0.05) is 11.7 Å². The minimum Gasteiger partial charge on any atom is -0.478 e. The fourth-order valence-corrected chi connectivity index (χ4v) is 2.52. The summed E-state index contributed by atoms with van der Waals surface area (Å²) in [5.41, 5.74) is 6.61. The van der Waals surface area contributed by atoms with Gasteiger partial charge < -0.3 is 16.2 Å². The van der Waals surface area contributed by atoms with E-state index in [1.54, 1.807) is 6.07 Å². The Morgan fingerprint density at radius 1 is 1.61 bits per heavy atom. The molecule has 0 amide bonds. The summed E-state index contributed by atoms with van der Waals surface area (Å²) in [5.74, 6) is -0.385. The zero-order valence-corrected chi connectivity index (χ0v) is 11.0. The summed E-state index contributed by atoms with van der Waals surface area (Å²) in [5, 5.41) is 12.8. The van der Waals surface area contributed by atoms with Gasteiger partial charge >= 0.3 is 5.97 Å². The first-order valence-electron chi connectivity index (χ1n) is 6.11. The molecule has 1 saturated carbocycles. The van der Waals surface area contributed by atoms with E-state index in [-0.39, 0.29) is 5.56 Å². The number of carboxylic acids is 1. The molecule has 2 rings (SSSR count). The van der Waals surface area contributed by atoms with Gasteiger partial charge in [0.15, 0.2) is 0 Å². The lowest BCUT2D eigenvalue weighted by atomic mass is 10.1. The number of halogens is 1. The maximum absolute atomic E-state index is 11.2. The smallest absolute Gasteiger partial charge is 0.337 e. The van der Waals surface area contributed by atoms with Gasteiger partial charge in [-0.15, -0.1) is 0 Å². The molecule has 2 unspecified atom stereocenters. The molecule has 18 heavy (non-hydrogen) atoms. The number of nitrogens with two attached hydrogens (primary N) is 1. The second-order valence-electron chi connectivity index (χ2n) is 4.77. The Kier molecular flexibility index (Phi) is 3.66. The number of nitrogens with one attached hydrogen (secondary N) is 1. The van der Waals surface area contributed by atoms with Crippen molar-refractivity contribution in [2.45, 2.75) is 32.2 Å². The van der Waals surface area contributed by atoms with Crippen molar-refractivity contribution in [2.75, 3.05) is 11.1 Å². The molecule has 1 aliphatic rings. The van der Waals surface area contributed by atoms with Crippen LogP contribution in [0.4, 0.5) is 11.4 Å². The highest BCUT2D eigenvalue weighted by Crippen LogP contribution is 2.40. The zero-order chi connectivity index (χ0) is 13.3. The first-order valence-corrected chi connectivity index (χ1v) is 6.49. The van der Waals surface area contributed by atoms with Gasteiger partial charge in [0.2, 0.25) is 0 Å². The molecule has 98 valence electrons. The van der Waals surface area contributed by atoms with Crippen LogP contribution in [0.5, 0.6) is 0 Å². The molecule has 0 bridgehead atoms. The highest BCUT2D eigenvalue weighted by Gasteiger charge is 2.37. The average Bonchev–Trinajstić information content (AvgIpc) is 3.00. The van der Waals surface area contributed by atoms with Crippen molar-refractivity contribution in [3.8, 4) is 0 Å². The largest absolute Gasteiger partial charge is 0.478 e. The predicted octanol–water partition coefficient (Wildman–Crippen LogP) is 3.22. The SMILES string of the molecule is CCCC1CC1Nc1c(Cl)cc(N)cc1C(=O)O. The zero-order valence-electron chi connectivity index (χ0n) is 10.2. The van der Waals surface area contributed by atoms with E-state index in [1.165, 1.54) is 6.07 Å². The van der Waals surface area contributed by atoms with Gasteiger partial charge in [-0.05, 0) is 30.9 Å². The van der Waals surface area contributed by atoms with E-state index in [2.05, 4.69) is 12.2 Å². The molecule has 0 heterocycles. The van der Waals surface area contributed by atoms with Gasteiger partial charge in [-0.2, -0.15) is 0 Å². The summed E-state index contributed by atoms with van der Waals surface area (Å²) in [6.45, 7) is 2.15. The van der Waals surface area contributed by atoms with Gasteiger partial charge in [0.05, 0.1) is 16.3 Å². The van der Waals surface area contributed by atoms with Crippen LogP contribution in [-0.2, 0) is 0 Å². The first kappa shape index (κ1) is 13.0. The normalized spacial score (nSPS) is 21.7. The Hall–Kier alpha value is -1.42. The van der Waals surface area contributed by atoms with Crippen LogP contribution in [0.25, 0.3) is 0 Å². The van der Waals surface area contributed by atoms with E-state index in [0.29, 0.717) is 28.4 Å². The van der Waals surface area contributed by atoms with Crippen molar-refractivity contribution in [1.82, 2.24) is 0 Å². The number of anilines is 2. The molecule has 0 aliphatic heterocycles. The quantitative estimate of drug-likeness (QED) is 0.717. The van der Waals surface area contributed by atoms with Crippen molar-refractivity contribution in [3.05, 3.63) is 22.7 Å². The van der Waals surface area contributed by atoms with Crippen LogP contribution in [0.2, 0.25) is 5.02 Å². The van der Waals surface area contributed by atoms with Crippen LogP contribution in [0.1, 0.15) is 36.5 Å². The summed E-state index contributed by atoms with van der Waals surface area (Å²) in [4.78, 5) is 11.2. The maximum Gasteiger partial charge on any atom is 0.337 e. The standard InChI is InChI=1S/C13H17ClN2O2/c1-2-3-7-4-11(7)16-12-9(13(17)18)5-8(15)6-10(12)14/h5-7,11,16H,2-4,15H2,1H3,(H,17,18). The summed E-state index contributed by atoms with van der Waals surface area (Å²) in [6.07, 6.45) is 3.38. The van der Waals surface area contributed by atoms with E-state index in [4.69, 9.17) is 22.4 Å². The third kappa shape index (κ3) is 2.70. The number of nitrogen functional groups attached to an aromatic ring is 1. The second-order valence-corrected chi connectivity index (χ2v) is 5.17. The van der Waals surface area contributed by atoms with Crippen LogP contribution in [0.3, 0.4) is 0 Å². The molecule has 1 aliphatic carbocycles. The summed E-state index contributed by atoms with van der Waals surface area (Å²) < 4.78 is 0. The van der Waals surface area contributed by atoms with Crippen molar-refractivity contribution < 1.29 is 9.90 Å². The van der Waals surface area contributed by atoms with Gasteiger partial charge in [0.1, 0.15) is 0 Å². The lowest BCUT2D eigenvalue weighted by molar-refractivity contribution is 0.0698. The van der Waals surface area contributed by atoms with E-state index >= 15 is 0 Å². The number of carbonyl (C=O) groups is 1. The Balaban J connectivity index is 2.19. The molecule has 2 atom stereocenters. The van der Waals surface area contributed by atoms with Crippen LogP contribution in [0.15, 0.2) is 12.1 Å². The minimum atomic E-state index is -1.01. The topological polar surface area (TPSA) is 75.3 Å². The lowest BCUT2D eigenvalue weighted by Crippen LogP contribution is -2.11. The molecule has 0 aromatic heterocycles. The third-order valence-electron chi connectivity index (χ3n) is 3.25. The Bertz CT molecular complexity index is 476. The maximum atomic E-state index is 11.2. The molecule has 0 radical (unpaired) electrons. The van der Waals surface area contributed by atoms with E-state index in [1.807, 2.05) is 0 Å². The number of carboxylic acid groups (broad SMARTS) is 1. The lowest BCUT2D eigenvalue weighted by Gasteiger charge is -2.12. The summed E-state index contributed by atoms with van der Waals surface area (Å²) in [7, 11) is 0. The molecule has 4 N–H and O–H groups in total. The van der Waals surface area contributed by atoms with Gasteiger partial charge in [-0.25, -0.2) is 4.79 Å². The minimum absolute atomic E-state index is 0.141. The van der Waals surface area contributed by atoms with E-state index in [9.17, 15) is 4.79 Å². The van der Waals surface area contributed by atoms with Crippen molar-refractivity contribution in [3.63, 3.8) is 0 Å². The fraction of sp³-hybridized carbons (Fsp3) is 0.462. The molecule has 0 spiro atoms. The average molecular weight is 269 g/mol. The van der Waals surface area contributed by atoms with Gasteiger partial charge in [-0.1, -0.05) is 24.9 Å². The molecule has 5 heteroatoms. The Morgan fingerprint density at radius 3 is 2.94 bits per heavy atom. The molecular weight excluding hydrogens is 252 g/mol. The third-order valence-corrected chi connectivity index (χ3v) is 3.55. The Labute approximate surface area is 111 Å². The molecule has 1 aromatic carbocycles. The first-order chi connectivity index (χ1) is 8.52. The molecule has 0 saturated heterocycles. The Morgan fingerprint density at radius 2 is 2.33 bits per heavy atom. The van der Waals surface area contributed by atoms with Crippen molar-refractivity contribution in [2.24, 2.45) is 5.92 Å².